The fourth-order valence-corrected chi connectivity index (χ4v) is 4.62. The van der Waals surface area contributed by atoms with Gasteiger partial charge in [0.05, 0.1) is 34.5 Å². The lowest BCUT2D eigenvalue weighted by Crippen LogP contribution is -2.20. The van der Waals surface area contributed by atoms with Gasteiger partial charge in [-0.05, 0) is 38.5 Å². The number of benzene rings is 1. The first-order chi connectivity index (χ1) is 14.8. The molecule has 1 atom stereocenters. The Morgan fingerprint density at radius 3 is 2.61 bits per heavy atom. The standard InChI is InChI=1S/C21H21N5O4S/c1-10-15(19(29)30-5)11(2)22-16(10)17(27)12(3)31-21-24-23-20-25(4)18(28)13-8-6-7-9-14(13)26(20)21/h6-9,12,22H,1-5H3. The van der Waals surface area contributed by atoms with Crippen LogP contribution in [0.4, 0.5) is 0 Å². The van der Waals surface area contributed by atoms with Crippen LogP contribution in [0.5, 0.6) is 0 Å². The van der Waals surface area contributed by atoms with Crippen molar-refractivity contribution in [3.05, 3.63) is 57.1 Å². The van der Waals surface area contributed by atoms with E-state index in [-0.39, 0.29) is 11.3 Å². The van der Waals surface area contributed by atoms with Crippen LogP contribution >= 0.6 is 11.8 Å². The number of H-pyrrole nitrogens is 1. The molecular weight excluding hydrogens is 418 g/mol. The van der Waals surface area contributed by atoms with Gasteiger partial charge in [0, 0.05) is 12.7 Å². The zero-order chi connectivity index (χ0) is 22.4. The average Bonchev–Trinajstić information content (AvgIpc) is 3.31. The van der Waals surface area contributed by atoms with Crippen LogP contribution in [0.25, 0.3) is 16.7 Å². The number of Topliss-reactive ketones (excluding diaryl/α,β-unsaturated/α-hetero) is 1. The van der Waals surface area contributed by atoms with E-state index in [0.29, 0.717) is 44.4 Å². The molecule has 0 amide bonds. The zero-order valence-corrected chi connectivity index (χ0v) is 18.5. The van der Waals surface area contributed by atoms with E-state index in [0.717, 1.165) is 0 Å². The Bertz CT molecular complexity index is 1410. The topological polar surface area (TPSA) is 111 Å². The highest BCUT2D eigenvalue weighted by Gasteiger charge is 2.27. The van der Waals surface area contributed by atoms with Gasteiger partial charge < -0.3 is 9.72 Å². The number of hydrogen-bond donors (Lipinski definition) is 1. The normalized spacial score (nSPS) is 12.4. The number of methoxy groups -OCH3 is 1. The molecule has 4 rings (SSSR count). The third-order valence-corrected chi connectivity index (χ3v) is 6.36. The number of esters is 1. The summed E-state index contributed by atoms with van der Waals surface area (Å²) in [5, 5.41) is 8.90. The number of ketones is 1. The Labute approximate surface area is 181 Å². The van der Waals surface area contributed by atoms with Crippen LogP contribution < -0.4 is 5.56 Å². The minimum atomic E-state index is -0.523. The maximum Gasteiger partial charge on any atom is 0.339 e. The minimum absolute atomic E-state index is 0.163. The zero-order valence-electron chi connectivity index (χ0n) is 17.7. The van der Waals surface area contributed by atoms with Crippen molar-refractivity contribution in [3.63, 3.8) is 0 Å². The number of thioether (sulfide) groups is 1. The molecule has 0 saturated heterocycles. The number of nitrogens with zero attached hydrogens (tertiary/aromatic N) is 4. The molecule has 4 aromatic rings. The first-order valence-electron chi connectivity index (χ1n) is 9.57. The summed E-state index contributed by atoms with van der Waals surface area (Å²) in [7, 11) is 2.95. The Balaban J connectivity index is 1.75. The number of fused-ring (bicyclic) bond motifs is 3. The predicted octanol–water partition coefficient (Wildman–Crippen LogP) is 2.68. The highest BCUT2D eigenvalue weighted by molar-refractivity contribution is 8.00. The van der Waals surface area contributed by atoms with E-state index in [1.807, 2.05) is 12.1 Å². The molecule has 1 unspecified atom stereocenters. The fourth-order valence-electron chi connectivity index (χ4n) is 3.71. The van der Waals surface area contributed by atoms with E-state index >= 15 is 0 Å². The third-order valence-electron chi connectivity index (χ3n) is 5.32. The average molecular weight is 439 g/mol. The van der Waals surface area contributed by atoms with Crippen LogP contribution in [-0.2, 0) is 11.8 Å². The molecule has 0 fully saturated rings. The number of aryl methyl sites for hydroxylation is 2. The van der Waals surface area contributed by atoms with E-state index in [9.17, 15) is 14.4 Å². The largest absolute Gasteiger partial charge is 0.465 e. The summed E-state index contributed by atoms with van der Waals surface area (Å²) in [6.45, 7) is 5.22. The third kappa shape index (κ3) is 3.23. The molecule has 0 aliphatic carbocycles. The van der Waals surface area contributed by atoms with Crippen molar-refractivity contribution in [3.8, 4) is 0 Å². The minimum Gasteiger partial charge on any atom is -0.465 e. The summed E-state index contributed by atoms with van der Waals surface area (Å²) in [6.07, 6.45) is 0. The van der Waals surface area contributed by atoms with Crippen molar-refractivity contribution in [1.82, 2.24) is 24.1 Å². The molecule has 10 heteroatoms. The molecule has 0 radical (unpaired) electrons. The molecule has 31 heavy (non-hydrogen) atoms. The molecule has 1 aromatic carbocycles. The quantitative estimate of drug-likeness (QED) is 0.289. The lowest BCUT2D eigenvalue weighted by molar-refractivity contribution is 0.0599. The molecule has 0 aliphatic heterocycles. The van der Waals surface area contributed by atoms with Gasteiger partial charge in [-0.1, -0.05) is 23.9 Å². The predicted molar refractivity (Wildman–Crippen MR) is 117 cm³/mol. The fraction of sp³-hybridized carbons (Fsp3) is 0.286. The van der Waals surface area contributed by atoms with Gasteiger partial charge in [-0.2, -0.15) is 0 Å². The van der Waals surface area contributed by atoms with Gasteiger partial charge in [0.1, 0.15) is 0 Å². The highest BCUT2D eigenvalue weighted by Crippen LogP contribution is 2.28. The van der Waals surface area contributed by atoms with Crippen LogP contribution in [0.15, 0.2) is 34.2 Å². The molecule has 9 nitrogen and oxygen atoms in total. The number of hydrogen-bond acceptors (Lipinski definition) is 7. The van der Waals surface area contributed by atoms with E-state index < -0.39 is 11.2 Å². The molecular formula is C21H21N5O4S. The number of carbonyl (C=O) groups excluding carboxylic acids is 2. The van der Waals surface area contributed by atoms with Crippen molar-refractivity contribution in [2.75, 3.05) is 7.11 Å². The lowest BCUT2D eigenvalue weighted by atomic mass is 10.1. The van der Waals surface area contributed by atoms with Gasteiger partial charge in [0.2, 0.25) is 5.78 Å². The Hall–Kier alpha value is -3.40. The Morgan fingerprint density at radius 1 is 1.19 bits per heavy atom. The summed E-state index contributed by atoms with van der Waals surface area (Å²) in [6, 6.07) is 7.21. The van der Waals surface area contributed by atoms with Gasteiger partial charge in [0.15, 0.2) is 10.9 Å². The van der Waals surface area contributed by atoms with E-state index in [1.54, 1.807) is 44.4 Å². The molecule has 0 bridgehead atoms. The van der Waals surface area contributed by atoms with Gasteiger partial charge in [-0.15, -0.1) is 10.2 Å². The van der Waals surface area contributed by atoms with Crippen LogP contribution in [0.2, 0.25) is 0 Å². The van der Waals surface area contributed by atoms with Crippen molar-refractivity contribution >= 4 is 40.2 Å². The maximum atomic E-state index is 13.2. The van der Waals surface area contributed by atoms with E-state index in [2.05, 4.69) is 15.2 Å². The number of ether oxygens (including phenoxy) is 1. The number of para-hydroxylation sites is 1. The first-order valence-corrected chi connectivity index (χ1v) is 10.5. The van der Waals surface area contributed by atoms with Crippen molar-refractivity contribution in [2.45, 2.75) is 31.2 Å². The SMILES string of the molecule is COC(=O)c1c(C)[nH]c(C(=O)C(C)Sc2nnc3n(C)c(=O)c4ccccc4n23)c1C. The molecule has 0 spiro atoms. The summed E-state index contributed by atoms with van der Waals surface area (Å²) < 4.78 is 8.03. The van der Waals surface area contributed by atoms with Crippen molar-refractivity contribution in [2.24, 2.45) is 7.05 Å². The number of carbonyl (C=O) groups is 2. The number of rotatable bonds is 5. The maximum absolute atomic E-state index is 13.2. The summed E-state index contributed by atoms with van der Waals surface area (Å²) in [5.41, 5.74) is 2.39. The molecule has 3 heterocycles. The van der Waals surface area contributed by atoms with Gasteiger partial charge in [0.25, 0.3) is 5.56 Å². The van der Waals surface area contributed by atoms with Crippen molar-refractivity contribution in [1.29, 1.82) is 0 Å². The molecule has 0 aliphatic rings. The van der Waals surface area contributed by atoms with Gasteiger partial charge in [-0.3, -0.25) is 18.6 Å². The Morgan fingerprint density at radius 2 is 1.90 bits per heavy atom. The monoisotopic (exact) mass is 439 g/mol. The van der Waals surface area contributed by atoms with Crippen LogP contribution in [0.3, 0.4) is 0 Å². The second-order valence-electron chi connectivity index (χ2n) is 7.24. The van der Waals surface area contributed by atoms with Crippen molar-refractivity contribution < 1.29 is 14.3 Å². The second-order valence-corrected chi connectivity index (χ2v) is 8.55. The summed E-state index contributed by atoms with van der Waals surface area (Å²) in [4.78, 5) is 40.8. The van der Waals surface area contributed by atoms with Gasteiger partial charge >= 0.3 is 5.97 Å². The molecule has 0 saturated carbocycles. The number of aromatic nitrogens is 5. The number of aromatic amines is 1. The van der Waals surface area contributed by atoms with E-state index in [1.165, 1.54) is 23.4 Å². The smallest absolute Gasteiger partial charge is 0.339 e. The van der Waals surface area contributed by atoms with Gasteiger partial charge in [-0.25, -0.2) is 4.79 Å². The Kier molecular flexibility index (Phi) is 5.18. The first kappa shape index (κ1) is 20.9. The summed E-state index contributed by atoms with van der Waals surface area (Å²) >= 11 is 1.24. The lowest BCUT2D eigenvalue weighted by Gasteiger charge is -2.11. The van der Waals surface area contributed by atoms with Crippen LogP contribution in [0, 0.1) is 13.8 Å². The van der Waals surface area contributed by atoms with E-state index in [4.69, 9.17) is 4.74 Å². The highest BCUT2D eigenvalue weighted by atomic mass is 32.2. The van der Waals surface area contributed by atoms with Crippen LogP contribution in [0.1, 0.15) is 39.0 Å². The second kappa shape index (κ2) is 7.69. The molecule has 1 N–H and O–H groups in total. The molecule has 160 valence electrons. The summed E-state index contributed by atoms with van der Waals surface area (Å²) in [5.74, 6) is -0.265. The molecule has 3 aromatic heterocycles. The van der Waals surface area contributed by atoms with Crippen LogP contribution in [-0.4, -0.2) is 48.3 Å². The number of nitrogens with one attached hydrogen (secondary N) is 1.